The average molecular weight is 220 g/mol. The van der Waals surface area contributed by atoms with Crippen LogP contribution < -0.4 is 15.8 Å². The Balaban J connectivity index is 1.95. The van der Waals surface area contributed by atoms with Crippen molar-refractivity contribution in [3.05, 3.63) is 29.8 Å². The van der Waals surface area contributed by atoms with Crippen molar-refractivity contribution >= 4 is 0 Å². The molecule has 3 nitrogen and oxygen atoms in total. The lowest BCUT2D eigenvalue weighted by molar-refractivity contribution is 0.328. The second-order valence-corrected chi connectivity index (χ2v) is 4.25. The van der Waals surface area contributed by atoms with E-state index in [0.717, 1.165) is 18.8 Å². The zero-order valence-electron chi connectivity index (χ0n) is 9.61. The monoisotopic (exact) mass is 220 g/mol. The predicted octanol–water partition coefficient (Wildman–Crippen LogP) is 1.49. The van der Waals surface area contributed by atoms with E-state index in [2.05, 4.69) is 17.4 Å². The van der Waals surface area contributed by atoms with Crippen molar-refractivity contribution < 1.29 is 4.74 Å². The molecule has 0 aromatic heterocycles. The van der Waals surface area contributed by atoms with Crippen molar-refractivity contribution in [2.24, 2.45) is 5.73 Å². The van der Waals surface area contributed by atoms with Gasteiger partial charge in [0.05, 0.1) is 0 Å². The number of nitrogens with one attached hydrogen (secondary N) is 1. The minimum Gasteiger partial charge on any atom is -0.492 e. The Morgan fingerprint density at radius 3 is 2.75 bits per heavy atom. The van der Waals surface area contributed by atoms with Gasteiger partial charge in [0.25, 0.3) is 0 Å². The van der Waals surface area contributed by atoms with Crippen molar-refractivity contribution in [3.63, 3.8) is 0 Å². The first-order chi connectivity index (χ1) is 7.90. The van der Waals surface area contributed by atoms with Crippen molar-refractivity contribution in [1.29, 1.82) is 0 Å². The maximum Gasteiger partial charge on any atom is 0.119 e. The fourth-order valence-electron chi connectivity index (χ4n) is 2.15. The summed E-state index contributed by atoms with van der Waals surface area (Å²) in [5.74, 6) is 1.58. The van der Waals surface area contributed by atoms with Crippen LogP contribution in [0.1, 0.15) is 24.3 Å². The van der Waals surface area contributed by atoms with E-state index < -0.39 is 0 Å². The molecule has 0 spiro atoms. The first-order valence-electron chi connectivity index (χ1n) is 6.03. The summed E-state index contributed by atoms with van der Waals surface area (Å²) in [6, 6.07) is 8.42. The topological polar surface area (TPSA) is 47.3 Å². The number of piperidine rings is 1. The number of ether oxygens (including phenoxy) is 1. The molecule has 1 aromatic carbocycles. The number of rotatable bonds is 4. The third kappa shape index (κ3) is 2.97. The molecule has 16 heavy (non-hydrogen) atoms. The second-order valence-electron chi connectivity index (χ2n) is 4.25. The molecular weight excluding hydrogens is 200 g/mol. The Morgan fingerprint density at radius 1 is 1.31 bits per heavy atom. The summed E-state index contributed by atoms with van der Waals surface area (Å²) in [5, 5.41) is 3.43. The van der Waals surface area contributed by atoms with Gasteiger partial charge in [0.15, 0.2) is 0 Å². The van der Waals surface area contributed by atoms with Gasteiger partial charge in [-0.3, -0.25) is 0 Å². The fraction of sp³-hybridized carbons (Fsp3) is 0.538. The van der Waals surface area contributed by atoms with Gasteiger partial charge >= 0.3 is 0 Å². The largest absolute Gasteiger partial charge is 0.492 e. The average Bonchev–Trinajstić information content (AvgIpc) is 2.38. The van der Waals surface area contributed by atoms with Gasteiger partial charge in [-0.25, -0.2) is 0 Å². The van der Waals surface area contributed by atoms with Crippen LogP contribution in [0.2, 0.25) is 0 Å². The molecule has 0 radical (unpaired) electrons. The van der Waals surface area contributed by atoms with Crippen LogP contribution in [0.15, 0.2) is 24.3 Å². The van der Waals surface area contributed by atoms with Gasteiger partial charge < -0.3 is 15.8 Å². The van der Waals surface area contributed by atoms with Crippen LogP contribution in [-0.2, 0) is 0 Å². The van der Waals surface area contributed by atoms with Gasteiger partial charge in [0.1, 0.15) is 12.4 Å². The molecule has 0 saturated carbocycles. The maximum absolute atomic E-state index is 5.46. The van der Waals surface area contributed by atoms with E-state index >= 15 is 0 Å². The Morgan fingerprint density at radius 2 is 2.12 bits per heavy atom. The number of hydrogen-bond donors (Lipinski definition) is 2. The Bertz CT molecular complexity index is 304. The van der Waals surface area contributed by atoms with E-state index in [9.17, 15) is 0 Å². The summed E-state index contributed by atoms with van der Waals surface area (Å²) in [6.07, 6.45) is 2.56. The molecule has 1 aliphatic rings. The van der Waals surface area contributed by atoms with Gasteiger partial charge in [-0.05, 0) is 43.0 Å². The van der Waals surface area contributed by atoms with E-state index in [-0.39, 0.29) is 0 Å². The highest BCUT2D eigenvalue weighted by Gasteiger charge is 2.14. The standard InChI is InChI=1S/C13H20N2O/c14-7-9-16-13-5-3-11(4-6-13)12-2-1-8-15-10-12/h3-6,12,15H,1-2,7-10,14H2. The van der Waals surface area contributed by atoms with Gasteiger partial charge in [-0.15, -0.1) is 0 Å². The molecule has 1 saturated heterocycles. The first-order valence-corrected chi connectivity index (χ1v) is 6.03. The molecule has 1 fully saturated rings. The van der Waals surface area contributed by atoms with Crippen LogP contribution in [-0.4, -0.2) is 26.2 Å². The highest BCUT2D eigenvalue weighted by Crippen LogP contribution is 2.24. The van der Waals surface area contributed by atoms with Crippen LogP contribution in [0.4, 0.5) is 0 Å². The second kappa shape index (κ2) is 5.87. The summed E-state index contributed by atoms with van der Waals surface area (Å²) in [7, 11) is 0. The van der Waals surface area contributed by atoms with Crippen molar-refractivity contribution in [1.82, 2.24) is 5.32 Å². The normalized spacial score (nSPS) is 20.7. The number of nitrogens with two attached hydrogens (primary N) is 1. The van der Waals surface area contributed by atoms with Crippen molar-refractivity contribution in [3.8, 4) is 5.75 Å². The van der Waals surface area contributed by atoms with Crippen LogP contribution in [0.25, 0.3) is 0 Å². The zero-order chi connectivity index (χ0) is 11.2. The molecule has 1 aromatic rings. The van der Waals surface area contributed by atoms with E-state index in [0.29, 0.717) is 19.1 Å². The van der Waals surface area contributed by atoms with Crippen LogP contribution in [0.3, 0.4) is 0 Å². The lowest BCUT2D eigenvalue weighted by Gasteiger charge is -2.23. The van der Waals surface area contributed by atoms with Crippen LogP contribution >= 0.6 is 0 Å². The number of benzene rings is 1. The lowest BCUT2D eigenvalue weighted by atomic mass is 9.92. The molecule has 1 unspecified atom stereocenters. The Labute approximate surface area is 97.0 Å². The fourth-order valence-corrected chi connectivity index (χ4v) is 2.15. The molecule has 0 bridgehead atoms. The lowest BCUT2D eigenvalue weighted by Crippen LogP contribution is -2.28. The SMILES string of the molecule is NCCOc1ccc(C2CCCNC2)cc1. The predicted molar refractivity (Wildman–Crippen MR) is 65.8 cm³/mol. The van der Waals surface area contributed by atoms with E-state index in [4.69, 9.17) is 10.5 Å². The summed E-state index contributed by atoms with van der Waals surface area (Å²) in [4.78, 5) is 0. The summed E-state index contributed by atoms with van der Waals surface area (Å²) in [5.41, 5.74) is 6.80. The molecule has 1 atom stereocenters. The molecule has 2 rings (SSSR count). The van der Waals surface area contributed by atoms with E-state index in [1.54, 1.807) is 0 Å². The smallest absolute Gasteiger partial charge is 0.119 e. The molecule has 3 heteroatoms. The summed E-state index contributed by atoms with van der Waals surface area (Å²) < 4.78 is 5.46. The minimum absolute atomic E-state index is 0.564. The highest BCUT2D eigenvalue weighted by molar-refractivity contribution is 5.29. The van der Waals surface area contributed by atoms with Gasteiger partial charge in [0, 0.05) is 13.1 Å². The maximum atomic E-state index is 5.46. The Kier molecular flexibility index (Phi) is 4.19. The van der Waals surface area contributed by atoms with Crippen LogP contribution in [0.5, 0.6) is 5.75 Å². The third-order valence-corrected chi connectivity index (χ3v) is 3.03. The summed E-state index contributed by atoms with van der Waals surface area (Å²) in [6.45, 7) is 3.41. The molecule has 1 heterocycles. The molecular formula is C13H20N2O. The molecule has 3 N–H and O–H groups in total. The van der Waals surface area contributed by atoms with Gasteiger partial charge in [-0.2, -0.15) is 0 Å². The van der Waals surface area contributed by atoms with Crippen molar-refractivity contribution in [2.75, 3.05) is 26.2 Å². The molecule has 0 amide bonds. The quantitative estimate of drug-likeness (QED) is 0.808. The van der Waals surface area contributed by atoms with Crippen molar-refractivity contribution in [2.45, 2.75) is 18.8 Å². The zero-order valence-corrected chi connectivity index (χ0v) is 9.61. The summed E-state index contributed by atoms with van der Waals surface area (Å²) >= 11 is 0. The number of hydrogen-bond acceptors (Lipinski definition) is 3. The third-order valence-electron chi connectivity index (χ3n) is 3.03. The van der Waals surface area contributed by atoms with Gasteiger partial charge in [0.2, 0.25) is 0 Å². The van der Waals surface area contributed by atoms with Crippen LogP contribution in [0, 0.1) is 0 Å². The Hall–Kier alpha value is -1.06. The van der Waals surface area contributed by atoms with E-state index in [1.807, 2.05) is 12.1 Å². The highest BCUT2D eigenvalue weighted by atomic mass is 16.5. The first kappa shape index (κ1) is 11.4. The van der Waals surface area contributed by atoms with E-state index in [1.165, 1.54) is 18.4 Å². The molecule has 88 valence electrons. The molecule has 0 aliphatic carbocycles. The molecule has 1 aliphatic heterocycles. The van der Waals surface area contributed by atoms with Gasteiger partial charge in [-0.1, -0.05) is 12.1 Å². The minimum atomic E-state index is 0.564.